The predicted octanol–water partition coefficient (Wildman–Crippen LogP) is 0.949. The molecule has 28 heavy (non-hydrogen) atoms. The van der Waals surface area contributed by atoms with Crippen LogP contribution in [-0.4, -0.2) is 50.3 Å². The lowest BCUT2D eigenvalue weighted by molar-refractivity contribution is -0.153. The molecule has 1 aromatic carbocycles. The molecule has 0 aromatic heterocycles. The average molecular weight is 411 g/mol. The number of carbonyl (C=O) groups is 3. The highest BCUT2D eigenvalue weighted by Gasteiger charge is 2.33. The van der Waals surface area contributed by atoms with Crippen molar-refractivity contribution in [3.05, 3.63) is 29.8 Å². The molecule has 3 N–H and O–H groups in total. The quantitative estimate of drug-likeness (QED) is 0.669. The third-order valence-electron chi connectivity index (χ3n) is 4.58. The van der Waals surface area contributed by atoms with Gasteiger partial charge in [0.05, 0.1) is 10.8 Å². The molecule has 0 atom stereocenters. The number of urea groups is 1. The van der Waals surface area contributed by atoms with Gasteiger partial charge in [-0.05, 0) is 36.5 Å². The third-order valence-corrected chi connectivity index (χ3v) is 6.49. The van der Waals surface area contributed by atoms with Crippen LogP contribution in [0, 0.1) is 5.92 Å². The number of hydrogen-bond donors (Lipinski definition) is 2. The number of esters is 1. The number of sulfonamides is 1. The fourth-order valence-corrected chi connectivity index (χ4v) is 4.40. The highest BCUT2D eigenvalue weighted by atomic mass is 32.2. The molecule has 1 aliphatic heterocycles. The van der Waals surface area contributed by atoms with Crippen molar-refractivity contribution in [1.82, 2.24) is 9.62 Å². The number of nitrogens with two attached hydrogens (primary N) is 1. The van der Waals surface area contributed by atoms with Crippen molar-refractivity contribution in [1.29, 1.82) is 0 Å². The number of ether oxygens (including phenoxy) is 1. The van der Waals surface area contributed by atoms with E-state index < -0.39 is 40.5 Å². The van der Waals surface area contributed by atoms with Gasteiger partial charge >= 0.3 is 12.0 Å². The lowest BCUT2D eigenvalue weighted by Gasteiger charge is -2.30. The van der Waals surface area contributed by atoms with Gasteiger partial charge in [0.25, 0.3) is 5.91 Å². The van der Waals surface area contributed by atoms with Crippen LogP contribution in [-0.2, 0) is 24.3 Å². The van der Waals surface area contributed by atoms with Gasteiger partial charge in [0, 0.05) is 13.1 Å². The van der Waals surface area contributed by atoms with Gasteiger partial charge in [0.1, 0.15) is 0 Å². The molecule has 0 spiro atoms. The third kappa shape index (κ3) is 5.52. The van der Waals surface area contributed by atoms with Crippen LogP contribution in [0.15, 0.2) is 29.2 Å². The van der Waals surface area contributed by atoms with E-state index >= 15 is 0 Å². The fourth-order valence-electron chi connectivity index (χ4n) is 2.93. The minimum atomic E-state index is -3.63. The summed E-state index contributed by atoms with van der Waals surface area (Å²) in [5, 5.41) is 1.79. The first-order valence-corrected chi connectivity index (χ1v) is 10.4. The Hall–Kier alpha value is -2.46. The molecular formula is C18H25N3O6S. The van der Waals surface area contributed by atoms with Crippen LogP contribution in [0.4, 0.5) is 4.79 Å². The van der Waals surface area contributed by atoms with Crippen molar-refractivity contribution in [3.63, 3.8) is 0 Å². The molecule has 0 saturated carbocycles. The summed E-state index contributed by atoms with van der Waals surface area (Å²) < 4.78 is 31.8. The summed E-state index contributed by atoms with van der Waals surface area (Å²) in [5.41, 5.74) is 5.85. The summed E-state index contributed by atoms with van der Waals surface area (Å²) in [4.78, 5) is 34.1. The second-order valence-corrected chi connectivity index (χ2v) is 8.86. The average Bonchev–Trinajstić information content (AvgIpc) is 2.65. The molecule has 0 unspecified atom stereocenters. The van der Waals surface area contributed by atoms with E-state index in [1.165, 1.54) is 4.31 Å². The van der Waals surface area contributed by atoms with Crippen molar-refractivity contribution in [3.8, 4) is 0 Å². The molecule has 1 heterocycles. The molecule has 0 radical (unpaired) electrons. The van der Waals surface area contributed by atoms with Crippen molar-refractivity contribution < 1.29 is 27.5 Å². The lowest BCUT2D eigenvalue weighted by Crippen LogP contribution is -2.41. The van der Waals surface area contributed by atoms with Crippen LogP contribution < -0.4 is 11.1 Å². The van der Waals surface area contributed by atoms with E-state index in [1.807, 2.05) is 13.8 Å². The Labute approximate surface area is 164 Å². The first kappa shape index (κ1) is 21.8. The summed E-state index contributed by atoms with van der Waals surface area (Å²) in [6, 6.07) is 5.78. The van der Waals surface area contributed by atoms with Crippen molar-refractivity contribution in [2.75, 3.05) is 19.7 Å². The Kier molecular flexibility index (Phi) is 7.14. The van der Waals surface area contributed by atoms with Crippen molar-refractivity contribution >= 4 is 27.9 Å². The maximum Gasteiger partial charge on any atom is 0.318 e. The smallest absolute Gasteiger partial charge is 0.318 e. The number of imide groups is 1. The number of piperidine rings is 1. The number of benzene rings is 1. The molecule has 3 amide bonds. The molecule has 154 valence electrons. The van der Waals surface area contributed by atoms with E-state index in [-0.39, 0.29) is 18.0 Å². The summed E-state index contributed by atoms with van der Waals surface area (Å²) in [5.74, 6) is -1.61. The maximum absolute atomic E-state index is 12.8. The van der Waals surface area contributed by atoms with E-state index in [9.17, 15) is 22.8 Å². The van der Waals surface area contributed by atoms with Gasteiger partial charge in [-0.1, -0.05) is 26.0 Å². The lowest BCUT2D eigenvalue weighted by atomic mass is 9.98. The van der Waals surface area contributed by atoms with Gasteiger partial charge < -0.3 is 10.5 Å². The SMILES string of the molecule is CC(C)c1ccc(S(=O)(=O)N2CCC(C(=O)OCC(=O)NC(N)=O)CC2)cc1. The van der Waals surface area contributed by atoms with Gasteiger partial charge in [-0.15, -0.1) is 0 Å². The van der Waals surface area contributed by atoms with Crippen molar-refractivity contribution in [2.24, 2.45) is 11.7 Å². The van der Waals surface area contributed by atoms with Gasteiger partial charge in [-0.25, -0.2) is 13.2 Å². The Morgan fingerprint density at radius 3 is 2.25 bits per heavy atom. The zero-order valence-corrected chi connectivity index (χ0v) is 16.7. The molecular weight excluding hydrogens is 386 g/mol. The Morgan fingerprint density at radius 1 is 1.18 bits per heavy atom. The highest BCUT2D eigenvalue weighted by molar-refractivity contribution is 7.89. The predicted molar refractivity (Wildman–Crippen MR) is 101 cm³/mol. The number of carbonyl (C=O) groups excluding carboxylic acids is 3. The standard InChI is InChI=1S/C18H25N3O6S/c1-12(2)13-3-5-15(6-4-13)28(25,26)21-9-7-14(8-10-21)17(23)27-11-16(22)20-18(19)24/h3-6,12,14H,7-11H2,1-2H3,(H3,19,20,22,24). The highest BCUT2D eigenvalue weighted by Crippen LogP contribution is 2.25. The normalized spacial score (nSPS) is 16.0. The van der Waals surface area contributed by atoms with Gasteiger partial charge in [0.2, 0.25) is 10.0 Å². The van der Waals surface area contributed by atoms with Crippen LogP contribution >= 0.6 is 0 Å². The number of primary amides is 1. The monoisotopic (exact) mass is 411 g/mol. The summed E-state index contributed by atoms with van der Waals surface area (Å²) in [7, 11) is -3.63. The number of rotatable bonds is 6. The van der Waals surface area contributed by atoms with Crippen LogP contribution in [0.1, 0.15) is 38.2 Å². The van der Waals surface area contributed by atoms with Crippen LogP contribution in [0.2, 0.25) is 0 Å². The summed E-state index contributed by atoms with van der Waals surface area (Å²) in [6.45, 7) is 3.82. The summed E-state index contributed by atoms with van der Waals surface area (Å²) >= 11 is 0. The van der Waals surface area contributed by atoms with Gasteiger partial charge in [-0.3, -0.25) is 14.9 Å². The zero-order chi connectivity index (χ0) is 20.9. The summed E-state index contributed by atoms with van der Waals surface area (Å²) in [6.07, 6.45) is 0.582. The first-order chi connectivity index (χ1) is 13.1. The van der Waals surface area contributed by atoms with E-state index in [1.54, 1.807) is 29.6 Å². The maximum atomic E-state index is 12.8. The topological polar surface area (TPSA) is 136 Å². The van der Waals surface area contributed by atoms with E-state index in [0.29, 0.717) is 18.8 Å². The molecule has 0 bridgehead atoms. The van der Waals surface area contributed by atoms with Crippen LogP contribution in [0.25, 0.3) is 0 Å². The second kappa shape index (κ2) is 9.16. The van der Waals surface area contributed by atoms with Crippen LogP contribution in [0.5, 0.6) is 0 Å². The van der Waals surface area contributed by atoms with E-state index in [0.717, 1.165) is 5.56 Å². The minimum absolute atomic E-state index is 0.182. The molecule has 1 aromatic rings. The largest absolute Gasteiger partial charge is 0.455 e. The van der Waals surface area contributed by atoms with E-state index in [4.69, 9.17) is 10.5 Å². The molecule has 9 nitrogen and oxygen atoms in total. The molecule has 1 fully saturated rings. The Bertz CT molecular complexity index is 827. The Morgan fingerprint density at radius 2 is 1.75 bits per heavy atom. The van der Waals surface area contributed by atoms with Crippen LogP contribution in [0.3, 0.4) is 0 Å². The number of hydrogen-bond acceptors (Lipinski definition) is 6. The Balaban J connectivity index is 1.90. The fraction of sp³-hybridized carbons (Fsp3) is 0.500. The van der Waals surface area contributed by atoms with Gasteiger partial charge in [0.15, 0.2) is 6.61 Å². The second-order valence-electron chi connectivity index (χ2n) is 6.92. The number of amides is 3. The molecule has 0 aliphatic carbocycles. The van der Waals surface area contributed by atoms with Gasteiger partial charge in [-0.2, -0.15) is 4.31 Å². The number of nitrogens with one attached hydrogen (secondary N) is 1. The van der Waals surface area contributed by atoms with Crippen molar-refractivity contribution in [2.45, 2.75) is 37.5 Å². The first-order valence-electron chi connectivity index (χ1n) is 8.97. The van der Waals surface area contributed by atoms with E-state index in [2.05, 4.69) is 0 Å². The molecule has 2 rings (SSSR count). The minimum Gasteiger partial charge on any atom is -0.455 e. The zero-order valence-electron chi connectivity index (χ0n) is 15.9. The molecule has 1 aliphatic rings. The molecule has 10 heteroatoms. The molecule has 1 saturated heterocycles. The number of nitrogens with zero attached hydrogens (tertiary/aromatic N) is 1.